The first-order chi connectivity index (χ1) is 10.1. The minimum atomic E-state index is 0.147. The highest BCUT2D eigenvalue weighted by atomic mass is 16.5. The summed E-state index contributed by atoms with van der Waals surface area (Å²) in [7, 11) is 2.12. The number of aryl methyl sites for hydroxylation is 1. The highest BCUT2D eigenvalue weighted by Gasteiger charge is 2.16. The zero-order chi connectivity index (χ0) is 15.2. The summed E-state index contributed by atoms with van der Waals surface area (Å²) in [6.45, 7) is 4.78. The number of hydrogen-bond donors (Lipinski definition) is 2. The van der Waals surface area contributed by atoms with Crippen LogP contribution in [0.4, 0.5) is 0 Å². The third-order valence-corrected chi connectivity index (χ3v) is 3.98. The fourth-order valence-electron chi connectivity index (χ4n) is 2.74. The number of oxime groups is 1. The summed E-state index contributed by atoms with van der Waals surface area (Å²) in [5.74, 6) is 0.147. The molecule has 0 amide bonds. The predicted octanol–water partition coefficient (Wildman–Crippen LogP) is 2.09. The SMILES string of the molecule is Cc1cc(/C(N)=N/O)ccc1CN(C)CC1CCCCO1. The molecule has 1 atom stereocenters. The molecule has 0 aliphatic carbocycles. The third-order valence-electron chi connectivity index (χ3n) is 3.98. The summed E-state index contributed by atoms with van der Waals surface area (Å²) in [4.78, 5) is 2.29. The smallest absolute Gasteiger partial charge is 0.170 e. The van der Waals surface area contributed by atoms with Gasteiger partial charge in [-0.05, 0) is 50.4 Å². The van der Waals surface area contributed by atoms with Gasteiger partial charge in [-0.3, -0.25) is 4.90 Å². The Bertz CT molecular complexity index is 496. The molecule has 5 heteroatoms. The summed E-state index contributed by atoms with van der Waals surface area (Å²) in [6, 6.07) is 5.89. The average Bonchev–Trinajstić information content (AvgIpc) is 2.49. The molecular weight excluding hydrogens is 266 g/mol. The Hall–Kier alpha value is -1.59. The normalized spacial score (nSPS) is 20.0. The van der Waals surface area contributed by atoms with Crippen molar-refractivity contribution in [3.63, 3.8) is 0 Å². The number of ether oxygens (including phenoxy) is 1. The average molecular weight is 291 g/mol. The second-order valence-corrected chi connectivity index (χ2v) is 5.81. The molecular formula is C16H25N3O2. The van der Waals surface area contributed by atoms with E-state index in [2.05, 4.69) is 24.0 Å². The number of hydrogen-bond acceptors (Lipinski definition) is 4. The van der Waals surface area contributed by atoms with E-state index in [0.717, 1.165) is 37.2 Å². The second kappa shape index (κ2) is 7.43. The van der Waals surface area contributed by atoms with Gasteiger partial charge in [-0.15, -0.1) is 0 Å². The van der Waals surface area contributed by atoms with Gasteiger partial charge < -0.3 is 15.7 Å². The summed E-state index contributed by atoms with van der Waals surface area (Å²) in [5, 5.41) is 11.8. The van der Waals surface area contributed by atoms with Crippen LogP contribution < -0.4 is 5.73 Å². The van der Waals surface area contributed by atoms with Gasteiger partial charge in [0.1, 0.15) is 0 Å². The third kappa shape index (κ3) is 4.44. The van der Waals surface area contributed by atoms with Crippen LogP contribution in [0.15, 0.2) is 23.4 Å². The lowest BCUT2D eigenvalue weighted by Gasteiger charge is -2.27. The molecule has 1 aliphatic rings. The van der Waals surface area contributed by atoms with Crippen molar-refractivity contribution >= 4 is 5.84 Å². The van der Waals surface area contributed by atoms with E-state index in [9.17, 15) is 0 Å². The van der Waals surface area contributed by atoms with E-state index in [0.29, 0.717) is 6.10 Å². The van der Waals surface area contributed by atoms with Crippen LogP contribution >= 0.6 is 0 Å². The van der Waals surface area contributed by atoms with E-state index < -0.39 is 0 Å². The molecule has 3 N–H and O–H groups in total. The Balaban J connectivity index is 1.95. The van der Waals surface area contributed by atoms with E-state index >= 15 is 0 Å². The van der Waals surface area contributed by atoms with Crippen LogP contribution in [-0.2, 0) is 11.3 Å². The second-order valence-electron chi connectivity index (χ2n) is 5.81. The molecule has 0 radical (unpaired) electrons. The zero-order valence-electron chi connectivity index (χ0n) is 12.9. The summed E-state index contributed by atoms with van der Waals surface area (Å²) < 4.78 is 5.78. The number of rotatable bonds is 5. The van der Waals surface area contributed by atoms with Crippen molar-refractivity contribution < 1.29 is 9.94 Å². The van der Waals surface area contributed by atoms with Crippen LogP contribution in [0.5, 0.6) is 0 Å². The maximum atomic E-state index is 8.72. The standard InChI is InChI=1S/C16H25N3O2/c1-12-9-13(16(17)18-20)6-7-14(12)10-19(2)11-15-5-3-4-8-21-15/h6-7,9,15,20H,3-5,8,10-11H2,1-2H3,(H2,17,18). The highest BCUT2D eigenvalue weighted by molar-refractivity contribution is 5.97. The number of likely N-dealkylation sites (N-methyl/N-ethyl adjacent to an activating group) is 1. The Morgan fingerprint density at radius 2 is 2.29 bits per heavy atom. The molecule has 0 spiro atoms. The summed E-state index contributed by atoms with van der Waals surface area (Å²) in [6.07, 6.45) is 3.98. The van der Waals surface area contributed by atoms with Crippen molar-refractivity contribution in [2.24, 2.45) is 10.9 Å². The van der Waals surface area contributed by atoms with E-state index in [-0.39, 0.29) is 5.84 Å². The molecule has 1 aromatic carbocycles. The van der Waals surface area contributed by atoms with Crippen LogP contribution in [0.2, 0.25) is 0 Å². The Kier molecular flexibility index (Phi) is 5.59. The van der Waals surface area contributed by atoms with Crippen molar-refractivity contribution in [1.29, 1.82) is 0 Å². The lowest BCUT2D eigenvalue weighted by Crippen LogP contribution is -2.33. The molecule has 5 nitrogen and oxygen atoms in total. The molecule has 0 bridgehead atoms. The van der Waals surface area contributed by atoms with Gasteiger partial charge in [-0.25, -0.2) is 0 Å². The molecule has 2 rings (SSSR count). The molecule has 1 saturated heterocycles. The quantitative estimate of drug-likeness (QED) is 0.377. The van der Waals surface area contributed by atoms with Crippen LogP contribution in [0.25, 0.3) is 0 Å². The first kappa shape index (κ1) is 15.8. The maximum absolute atomic E-state index is 8.72. The van der Waals surface area contributed by atoms with Gasteiger partial charge in [0.25, 0.3) is 0 Å². The molecule has 1 unspecified atom stereocenters. The Morgan fingerprint density at radius 3 is 2.90 bits per heavy atom. The van der Waals surface area contributed by atoms with Gasteiger partial charge in [-0.1, -0.05) is 17.3 Å². The molecule has 1 fully saturated rings. The van der Waals surface area contributed by atoms with Crippen LogP contribution in [-0.4, -0.2) is 42.2 Å². The van der Waals surface area contributed by atoms with E-state index in [4.69, 9.17) is 15.7 Å². The van der Waals surface area contributed by atoms with E-state index in [1.54, 1.807) is 0 Å². The number of benzene rings is 1. The fourth-order valence-corrected chi connectivity index (χ4v) is 2.74. The Morgan fingerprint density at radius 1 is 1.48 bits per heavy atom. The molecule has 116 valence electrons. The molecule has 0 saturated carbocycles. The summed E-state index contributed by atoms with van der Waals surface area (Å²) >= 11 is 0. The van der Waals surface area contributed by atoms with E-state index in [1.807, 2.05) is 18.2 Å². The number of nitrogens with two attached hydrogens (primary N) is 1. The summed E-state index contributed by atoms with van der Waals surface area (Å²) in [5.41, 5.74) is 8.76. The van der Waals surface area contributed by atoms with Gasteiger partial charge >= 0.3 is 0 Å². The topological polar surface area (TPSA) is 71.1 Å². The lowest BCUT2D eigenvalue weighted by atomic mass is 10.0. The van der Waals surface area contributed by atoms with Crippen molar-refractivity contribution in [2.45, 2.75) is 38.8 Å². The van der Waals surface area contributed by atoms with Crippen molar-refractivity contribution in [1.82, 2.24) is 4.90 Å². The van der Waals surface area contributed by atoms with Crippen LogP contribution in [0.1, 0.15) is 36.0 Å². The predicted molar refractivity (Wildman–Crippen MR) is 83.6 cm³/mol. The molecule has 1 aliphatic heterocycles. The fraction of sp³-hybridized carbons (Fsp3) is 0.562. The largest absolute Gasteiger partial charge is 0.409 e. The van der Waals surface area contributed by atoms with Crippen molar-refractivity contribution in [3.8, 4) is 0 Å². The zero-order valence-corrected chi connectivity index (χ0v) is 12.9. The maximum Gasteiger partial charge on any atom is 0.170 e. The van der Waals surface area contributed by atoms with Crippen LogP contribution in [0.3, 0.4) is 0 Å². The van der Waals surface area contributed by atoms with Gasteiger partial charge in [-0.2, -0.15) is 0 Å². The minimum Gasteiger partial charge on any atom is -0.409 e. The first-order valence-electron chi connectivity index (χ1n) is 7.47. The van der Waals surface area contributed by atoms with Gasteiger partial charge in [0.05, 0.1) is 6.10 Å². The van der Waals surface area contributed by atoms with E-state index in [1.165, 1.54) is 18.4 Å². The first-order valence-corrected chi connectivity index (χ1v) is 7.47. The van der Waals surface area contributed by atoms with Crippen molar-refractivity contribution in [2.75, 3.05) is 20.2 Å². The molecule has 1 aromatic rings. The lowest BCUT2D eigenvalue weighted by molar-refractivity contribution is -0.00261. The minimum absolute atomic E-state index is 0.147. The number of nitrogens with zero attached hydrogens (tertiary/aromatic N) is 2. The molecule has 21 heavy (non-hydrogen) atoms. The van der Waals surface area contributed by atoms with Crippen molar-refractivity contribution in [3.05, 3.63) is 34.9 Å². The van der Waals surface area contributed by atoms with Gasteiger partial charge in [0.15, 0.2) is 5.84 Å². The molecule has 0 aromatic heterocycles. The molecule has 1 heterocycles. The Labute approximate surface area is 126 Å². The number of amidine groups is 1. The van der Waals surface area contributed by atoms with Crippen LogP contribution in [0, 0.1) is 6.92 Å². The monoisotopic (exact) mass is 291 g/mol. The van der Waals surface area contributed by atoms with Gasteiger partial charge in [0, 0.05) is 25.3 Å². The van der Waals surface area contributed by atoms with Gasteiger partial charge in [0.2, 0.25) is 0 Å². The highest BCUT2D eigenvalue weighted by Crippen LogP contribution is 2.16.